The van der Waals surface area contributed by atoms with Crippen LogP contribution in [0.4, 0.5) is 0 Å². The van der Waals surface area contributed by atoms with Crippen LogP contribution in [-0.4, -0.2) is 18.3 Å². The van der Waals surface area contributed by atoms with Crippen molar-refractivity contribution >= 4 is 40.9 Å². The summed E-state index contributed by atoms with van der Waals surface area (Å²) < 4.78 is 14.6. The van der Waals surface area contributed by atoms with E-state index in [9.17, 15) is 0 Å². The molecule has 1 aliphatic rings. The van der Waals surface area contributed by atoms with Crippen molar-refractivity contribution in [3.63, 3.8) is 0 Å². The molecule has 0 spiro atoms. The van der Waals surface area contributed by atoms with Crippen LogP contribution >= 0.6 is 22.6 Å². The third kappa shape index (κ3) is 14.8. The number of allylic oxidation sites excluding steroid dienone is 2. The van der Waals surface area contributed by atoms with Crippen LogP contribution < -0.4 is 0 Å². The average Bonchev–Trinajstić information content (AvgIpc) is 3.15. The molecule has 1 fully saturated rings. The fourth-order valence-corrected chi connectivity index (χ4v) is 5.98. The number of halogens is 1. The van der Waals surface area contributed by atoms with Gasteiger partial charge in [-0.25, -0.2) is 0 Å². The van der Waals surface area contributed by atoms with Crippen molar-refractivity contribution in [1.82, 2.24) is 0 Å². The van der Waals surface area contributed by atoms with Crippen molar-refractivity contribution in [2.24, 2.45) is 10.8 Å². The lowest BCUT2D eigenvalue weighted by atomic mass is 9.83. The van der Waals surface area contributed by atoms with E-state index >= 15 is 0 Å². The molecule has 4 heteroatoms. The summed E-state index contributed by atoms with van der Waals surface area (Å²) in [6.45, 7) is 22.4. The van der Waals surface area contributed by atoms with Crippen LogP contribution in [0.25, 0.3) is 11.1 Å². The molecule has 0 radical (unpaired) electrons. The molecule has 2 aromatic carbocycles. The molecule has 0 aliphatic carbocycles. The Bertz CT molecular complexity index is 1120. The molecule has 0 aromatic heterocycles. The third-order valence-corrected chi connectivity index (χ3v) is 9.53. The smallest absolute Gasteiger partial charge is 0.400 e. The first-order valence-electron chi connectivity index (χ1n) is 17.0. The quantitative estimate of drug-likeness (QED) is 0.117. The molecular weight excluding hydrogens is 650 g/mol. The molecular formula is C40H62BIO2. The molecule has 0 unspecified atom stereocenters. The normalized spacial score (nSPS) is 16.9. The number of hydrogen-bond acceptors (Lipinski definition) is 2. The largest absolute Gasteiger partial charge is 0.487 e. The maximum absolute atomic E-state index is 6.19. The molecule has 3 rings (SSSR count). The van der Waals surface area contributed by atoms with Crippen molar-refractivity contribution < 1.29 is 9.31 Å². The van der Waals surface area contributed by atoms with Gasteiger partial charge in [0, 0.05) is 0 Å². The maximum Gasteiger partial charge on any atom is 0.487 e. The van der Waals surface area contributed by atoms with E-state index in [2.05, 4.69) is 163 Å². The minimum Gasteiger partial charge on any atom is -0.400 e. The van der Waals surface area contributed by atoms with Crippen LogP contribution in [0.3, 0.4) is 0 Å². The highest BCUT2D eigenvalue weighted by Crippen LogP contribution is 2.38. The highest BCUT2D eigenvalue weighted by atomic mass is 127. The van der Waals surface area contributed by atoms with E-state index in [-0.39, 0.29) is 18.3 Å². The molecule has 1 aliphatic heterocycles. The fraction of sp³-hybridized carbons (Fsp3) is 0.600. The van der Waals surface area contributed by atoms with Crippen molar-refractivity contribution in [2.75, 3.05) is 0 Å². The van der Waals surface area contributed by atoms with Gasteiger partial charge in [0.15, 0.2) is 0 Å². The first kappa shape index (κ1) is 38.8. The molecule has 244 valence electrons. The van der Waals surface area contributed by atoms with Gasteiger partial charge in [-0.3, -0.25) is 0 Å². The zero-order valence-electron chi connectivity index (χ0n) is 29.8. The van der Waals surface area contributed by atoms with Crippen molar-refractivity contribution in [3.05, 3.63) is 81.8 Å². The summed E-state index contributed by atoms with van der Waals surface area (Å²) in [4.78, 5) is 0. The molecule has 0 bridgehead atoms. The highest BCUT2D eigenvalue weighted by molar-refractivity contribution is 14.1. The molecule has 0 N–H and O–H groups in total. The number of rotatable bonds is 13. The predicted molar refractivity (Wildman–Crippen MR) is 204 cm³/mol. The molecule has 1 saturated heterocycles. The minimum absolute atomic E-state index is 0.273. The Balaban J connectivity index is 0.000000329. The first-order valence-corrected chi connectivity index (χ1v) is 18.2. The summed E-state index contributed by atoms with van der Waals surface area (Å²) in [5, 5.41) is 0. The van der Waals surface area contributed by atoms with Gasteiger partial charge in [-0.2, -0.15) is 0 Å². The minimum atomic E-state index is -0.289. The Morgan fingerprint density at radius 3 is 1.39 bits per heavy atom. The van der Waals surface area contributed by atoms with Gasteiger partial charge in [0.1, 0.15) is 0 Å². The monoisotopic (exact) mass is 712 g/mol. The second-order valence-corrected chi connectivity index (χ2v) is 16.5. The summed E-state index contributed by atoms with van der Waals surface area (Å²) in [7, 11) is -0.273. The SMILES string of the molecule is CC(C)(C)CCCCC/C(=C\B1OC(C)(C)C(C)(C)O1)c1ccccc1.CC(C)(C)CCCCC/C(=C\I)c1ccccc1. The number of hydrogen-bond donors (Lipinski definition) is 0. The van der Waals surface area contributed by atoms with Crippen LogP contribution in [0, 0.1) is 10.8 Å². The van der Waals surface area contributed by atoms with Gasteiger partial charge in [-0.05, 0) is 103 Å². The molecule has 0 atom stereocenters. The van der Waals surface area contributed by atoms with Crippen molar-refractivity contribution in [3.8, 4) is 0 Å². The van der Waals surface area contributed by atoms with Gasteiger partial charge >= 0.3 is 7.12 Å². The van der Waals surface area contributed by atoms with Gasteiger partial charge in [-0.15, -0.1) is 0 Å². The van der Waals surface area contributed by atoms with Gasteiger partial charge in [0.05, 0.1) is 11.2 Å². The zero-order valence-corrected chi connectivity index (χ0v) is 31.9. The Labute approximate surface area is 286 Å². The van der Waals surface area contributed by atoms with Crippen LogP contribution in [0.1, 0.15) is 145 Å². The lowest BCUT2D eigenvalue weighted by molar-refractivity contribution is 0.00578. The highest BCUT2D eigenvalue weighted by Gasteiger charge is 2.50. The van der Waals surface area contributed by atoms with Gasteiger partial charge in [-0.1, -0.05) is 156 Å². The van der Waals surface area contributed by atoms with Crippen LogP contribution in [0.5, 0.6) is 0 Å². The lowest BCUT2D eigenvalue weighted by Crippen LogP contribution is -2.41. The predicted octanol–water partition coefficient (Wildman–Crippen LogP) is 13.2. The number of benzene rings is 2. The topological polar surface area (TPSA) is 18.5 Å². The molecule has 2 aromatic rings. The Morgan fingerprint density at radius 1 is 0.614 bits per heavy atom. The Kier molecular flexibility index (Phi) is 16.0. The van der Waals surface area contributed by atoms with Crippen molar-refractivity contribution in [1.29, 1.82) is 0 Å². The lowest BCUT2D eigenvalue weighted by Gasteiger charge is -2.32. The van der Waals surface area contributed by atoms with Crippen LogP contribution in [-0.2, 0) is 9.31 Å². The Hall–Kier alpha value is -1.37. The zero-order chi connectivity index (χ0) is 32.9. The van der Waals surface area contributed by atoms with Crippen molar-refractivity contribution in [2.45, 2.75) is 145 Å². The summed E-state index contributed by atoms with van der Waals surface area (Å²) in [6, 6.07) is 21.4. The second-order valence-electron chi connectivity index (χ2n) is 15.9. The molecule has 0 amide bonds. The average molecular weight is 713 g/mol. The fourth-order valence-electron chi connectivity index (χ4n) is 5.31. The molecule has 44 heavy (non-hydrogen) atoms. The van der Waals surface area contributed by atoms with Gasteiger partial charge in [0.2, 0.25) is 0 Å². The van der Waals surface area contributed by atoms with E-state index in [1.54, 1.807) is 0 Å². The van der Waals surface area contributed by atoms with E-state index in [1.807, 2.05) is 0 Å². The maximum atomic E-state index is 6.19. The number of unbranched alkanes of at least 4 members (excludes halogenated alkanes) is 4. The third-order valence-electron chi connectivity index (χ3n) is 8.78. The van der Waals surface area contributed by atoms with E-state index in [4.69, 9.17) is 9.31 Å². The molecule has 1 heterocycles. The van der Waals surface area contributed by atoms with Gasteiger partial charge in [0.25, 0.3) is 0 Å². The molecule has 2 nitrogen and oxygen atoms in total. The summed E-state index contributed by atoms with van der Waals surface area (Å²) >= 11 is 2.36. The summed E-state index contributed by atoms with van der Waals surface area (Å²) in [6.07, 6.45) is 12.7. The van der Waals surface area contributed by atoms with E-state index in [0.717, 1.165) is 6.42 Å². The second kappa shape index (κ2) is 18.1. The molecule has 0 saturated carbocycles. The van der Waals surface area contributed by atoms with E-state index in [0.29, 0.717) is 10.8 Å². The summed E-state index contributed by atoms with van der Waals surface area (Å²) in [5.41, 5.74) is 5.81. The summed E-state index contributed by atoms with van der Waals surface area (Å²) in [5.74, 6) is 2.19. The van der Waals surface area contributed by atoms with Crippen LogP contribution in [0.15, 0.2) is 70.7 Å². The van der Waals surface area contributed by atoms with Gasteiger partial charge < -0.3 is 9.31 Å². The standard InChI is InChI=1S/C23H37BO2.C17H25I/c1-21(2,3)17-13-9-12-16-20(19-14-10-8-11-15-19)18-24-25-22(4,5)23(6,7)26-24;1-17(2,3)13-9-5-8-12-16(14-18)15-10-6-4-7-11-15/h8,10-11,14-15,18H,9,12-13,16-17H2,1-7H3;4,6-7,10-11,14H,5,8-9,12-13H2,1-3H3/b20-18+;16-14+. The first-order chi connectivity index (χ1) is 20.5. The van der Waals surface area contributed by atoms with E-state index in [1.165, 1.54) is 80.1 Å². The van der Waals surface area contributed by atoms with Crippen LogP contribution in [0.2, 0.25) is 0 Å². The Morgan fingerprint density at radius 2 is 1.00 bits per heavy atom. The van der Waals surface area contributed by atoms with E-state index < -0.39 is 0 Å².